The number of rotatable bonds is 15. The minimum Gasteiger partial charge on any atom is -0.485 e. The average Bonchev–Trinajstić information content (AvgIpc) is 3.42. The number of amides is 2. The van der Waals surface area contributed by atoms with Crippen molar-refractivity contribution < 1.29 is 24.2 Å². The molecule has 2 unspecified atom stereocenters. The maximum atomic E-state index is 13.9. The number of hydrogen-bond donors (Lipinski definition) is 3. The topological polar surface area (TPSA) is 122 Å². The molecule has 1 saturated heterocycles. The van der Waals surface area contributed by atoms with E-state index in [4.69, 9.17) is 10.5 Å². The summed E-state index contributed by atoms with van der Waals surface area (Å²) in [5.41, 5.74) is 10.2. The molecule has 5 atom stereocenters. The Hall–Kier alpha value is -4.01. The van der Waals surface area contributed by atoms with Gasteiger partial charge in [-0.15, -0.1) is 0 Å². The number of likely N-dealkylation sites (tertiary alicyclic amines) is 1. The Balaban J connectivity index is 1.60. The summed E-state index contributed by atoms with van der Waals surface area (Å²) in [6.45, 7) is 8.00. The molecule has 1 heterocycles. The fraction of sp³-hybridized carbons (Fsp3) is 0.432. The number of carbonyl (C=O) groups is 3. The maximum absolute atomic E-state index is 13.9. The predicted octanol–water partition coefficient (Wildman–Crippen LogP) is 4.69. The largest absolute Gasteiger partial charge is 0.485 e. The van der Waals surface area contributed by atoms with Gasteiger partial charge in [0.05, 0.1) is 12.0 Å². The molecule has 8 heteroatoms. The molecule has 1 aliphatic rings. The number of benzene rings is 3. The van der Waals surface area contributed by atoms with Gasteiger partial charge in [-0.05, 0) is 61.3 Å². The second kappa shape index (κ2) is 15.8. The van der Waals surface area contributed by atoms with Crippen LogP contribution in [0.2, 0.25) is 0 Å². The van der Waals surface area contributed by atoms with Crippen molar-refractivity contribution in [3.63, 3.8) is 0 Å². The first-order chi connectivity index (χ1) is 21.6. The Morgan fingerprint density at radius 3 is 2.16 bits per heavy atom. The summed E-state index contributed by atoms with van der Waals surface area (Å²) in [5, 5.41) is 15.0. The van der Waals surface area contributed by atoms with Gasteiger partial charge < -0.3 is 25.8 Å². The lowest BCUT2D eigenvalue weighted by atomic mass is 9.82. The molecule has 0 bridgehead atoms. The highest BCUT2D eigenvalue weighted by Crippen LogP contribution is 2.29. The number of Topliss-reactive ketones (excluding diaryl/α,β-unsaturated/α-hetero) is 1. The SMILES string of the molecule is Cc1cccc(C)c1OCC(=O)C(C(N)c1ccccc1)[C@H](O)C[C@H](Cc1ccccc1)NC(=O)[C@H](C(C)C)N1CCCC1=O. The maximum Gasteiger partial charge on any atom is 0.243 e. The summed E-state index contributed by atoms with van der Waals surface area (Å²) in [4.78, 5) is 41.9. The van der Waals surface area contributed by atoms with E-state index in [0.717, 1.165) is 28.7 Å². The molecule has 0 aliphatic carbocycles. The zero-order valence-corrected chi connectivity index (χ0v) is 26.8. The van der Waals surface area contributed by atoms with Gasteiger partial charge in [-0.2, -0.15) is 0 Å². The van der Waals surface area contributed by atoms with Crippen molar-refractivity contribution in [2.45, 2.75) is 77.6 Å². The van der Waals surface area contributed by atoms with Gasteiger partial charge in [-0.1, -0.05) is 92.7 Å². The smallest absolute Gasteiger partial charge is 0.243 e. The van der Waals surface area contributed by atoms with Gasteiger partial charge in [-0.3, -0.25) is 14.4 Å². The molecule has 0 spiro atoms. The summed E-state index contributed by atoms with van der Waals surface area (Å²) < 4.78 is 6.01. The Morgan fingerprint density at radius 2 is 1.58 bits per heavy atom. The molecule has 3 aromatic rings. The van der Waals surface area contributed by atoms with Gasteiger partial charge in [0.25, 0.3) is 0 Å². The van der Waals surface area contributed by atoms with Gasteiger partial charge in [-0.25, -0.2) is 0 Å². The summed E-state index contributed by atoms with van der Waals surface area (Å²) in [7, 11) is 0. The molecule has 240 valence electrons. The van der Waals surface area contributed by atoms with Crippen LogP contribution in [0.5, 0.6) is 5.75 Å². The third-order valence-electron chi connectivity index (χ3n) is 8.67. The highest BCUT2D eigenvalue weighted by Gasteiger charge is 2.38. The number of nitrogens with two attached hydrogens (primary N) is 1. The molecular weight excluding hydrogens is 566 g/mol. The quantitative estimate of drug-likeness (QED) is 0.229. The Bertz CT molecular complexity index is 1410. The van der Waals surface area contributed by atoms with Crippen molar-refractivity contribution in [3.8, 4) is 5.75 Å². The van der Waals surface area contributed by atoms with E-state index in [2.05, 4.69) is 5.32 Å². The van der Waals surface area contributed by atoms with Crippen LogP contribution >= 0.6 is 0 Å². The lowest BCUT2D eigenvalue weighted by Crippen LogP contribution is -2.54. The molecule has 8 nitrogen and oxygen atoms in total. The summed E-state index contributed by atoms with van der Waals surface area (Å²) in [5.74, 6) is -1.06. The van der Waals surface area contributed by atoms with Gasteiger partial charge >= 0.3 is 0 Å². The first-order valence-corrected chi connectivity index (χ1v) is 15.9. The number of ether oxygens (including phenoxy) is 1. The Kier molecular flexibility index (Phi) is 11.9. The van der Waals surface area contributed by atoms with Crippen LogP contribution in [0.4, 0.5) is 0 Å². The molecule has 3 aromatic carbocycles. The third kappa shape index (κ3) is 8.80. The molecule has 0 aromatic heterocycles. The van der Waals surface area contributed by atoms with Crippen LogP contribution in [0.15, 0.2) is 78.9 Å². The summed E-state index contributed by atoms with van der Waals surface area (Å²) >= 11 is 0. The number of aryl methyl sites for hydroxylation is 2. The lowest BCUT2D eigenvalue weighted by molar-refractivity contribution is -0.139. The molecule has 45 heavy (non-hydrogen) atoms. The van der Waals surface area contributed by atoms with Crippen LogP contribution in [0.25, 0.3) is 0 Å². The van der Waals surface area contributed by atoms with E-state index in [1.54, 1.807) is 4.90 Å². The van der Waals surface area contributed by atoms with Crippen LogP contribution in [0, 0.1) is 25.7 Å². The van der Waals surface area contributed by atoms with Crippen LogP contribution in [0.3, 0.4) is 0 Å². The molecule has 4 N–H and O–H groups in total. The normalized spacial score (nSPS) is 16.6. The Labute approximate surface area is 267 Å². The van der Waals surface area contributed by atoms with Crippen LogP contribution in [-0.2, 0) is 20.8 Å². The molecule has 0 saturated carbocycles. The molecule has 0 radical (unpaired) electrons. The van der Waals surface area contributed by atoms with Crippen molar-refractivity contribution in [3.05, 3.63) is 101 Å². The minimum absolute atomic E-state index is 0.0214. The van der Waals surface area contributed by atoms with Gasteiger partial charge in [0, 0.05) is 25.0 Å². The lowest BCUT2D eigenvalue weighted by Gasteiger charge is -2.34. The monoisotopic (exact) mass is 613 g/mol. The van der Waals surface area contributed by atoms with Gasteiger partial charge in [0.2, 0.25) is 11.8 Å². The minimum atomic E-state index is -1.19. The number of ketones is 1. The van der Waals surface area contributed by atoms with Crippen LogP contribution in [0.1, 0.15) is 61.4 Å². The molecule has 1 fully saturated rings. The van der Waals surface area contributed by atoms with E-state index in [-0.39, 0.29) is 36.5 Å². The van der Waals surface area contributed by atoms with E-state index in [1.807, 2.05) is 107 Å². The molecular formula is C37H47N3O5. The number of aliphatic hydroxyl groups excluding tert-OH is 1. The number of nitrogens with zero attached hydrogens (tertiary/aromatic N) is 1. The van der Waals surface area contributed by atoms with Crippen LogP contribution in [-0.4, -0.2) is 58.9 Å². The van der Waals surface area contributed by atoms with Crippen molar-refractivity contribution in [2.24, 2.45) is 17.6 Å². The fourth-order valence-corrected chi connectivity index (χ4v) is 6.39. The van der Waals surface area contributed by atoms with E-state index < -0.39 is 30.1 Å². The predicted molar refractivity (Wildman–Crippen MR) is 176 cm³/mol. The second-order valence-corrected chi connectivity index (χ2v) is 12.5. The van der Waals surface area contributed by atoms with E-state index in [0.29, 0.717) is 25.1 Å². The fourth-order valence-electron chi connectivity index (χ4n) is 6.39. The second-order valence-electron chi connectivity index (χ2n) is 12.5. The van der Waals surface area contributed by atoms with Crippen molar-refractivity contribution in [1.82, 2.24) is 10.2 Å². The molecule has 1 aliphatic heterocycles. The highest BCUT2D eigenvalue weighted by molar-refractivity contribution is 5.89. The third-order valence-corrected chi connectivity index (χ3v) is 8.67. The average molecular weight is 614 g/mol. The number of nitrogens with one attached hydrogen (secondary N) is 1. The zero-order chi connectivity index (χ0) is 32.5. The van der Waals surface area contributed by atoms with Gasteiger partial charge in [0.15, 0.2) is 5.78 Å². The van der Waals surface area contributed by atoms with Crippen molar-refractivity contribution in [1.29, 1.82) is 0 Å². The zero-order valence-electron chi connectivity index (χ0n) is 26.8. The van der Waals surface area contributed by atoms with E-state index >= 15 is 0 Å². The number of hydrogen-bond acceptors (Lipinski definition) is 6. The number of carbonyl (C=O) groups excluding carboxylic acids is 3. The van der Waals surface area contributed by atoms with E-state index in [9.17, 15) is 19.5 Å². The molecule has 4 rings (SSSR count). The molecule has 2 amide bonds. The first kappa shape index (κ1) is 33.9. The Morgan fingerprint density at radius 1 is 0.956 bits per heavy atom. The van der Waals surface area contributed by atoms with E-state index in [1.165, 1.54) is 0 Å². The summed E-state index contributed by atoms with van der Waals surface area (Å²) in [6, 6.07) is 22.8. The standard InChI is InChI=1S/C37H47N3O5/c1-24(2)35(40-20-12-19-32(40)43)37(44)39-29(21-27-15-7-5-8-16-27)22-30(41)33(34(38)28-17-9-6-10-18-28)31(42)23-45-36-25(3)13-11-14-26(36)4/h5-11,13-18,24,29-30,33-35,41H,12,19-23,38H2,1-4H3,(H,39,44)/t29-,30+,33?,34?,35-/m0/s1. The van der Waals surface area contributed by atoms with Crippen molar-refractivity contribution >= 4 is 17.6 Å². The number of aliphatic hydroxyl groups is 1. The van der Waals surface area contributed by atoms with Gasteiger partial charge in [0.1, 0.15) is 18.4 Å². The van der Waals surface area contributed by atoms with Crippen molar-refractivity contribution in [2.75, 3.05) is 13.2 Å². The number of para-hydroxylation sites is 1. The highest BCUT2D eigenvalue weighted by atomic mass is 16.5. The van der Waals surface area contributed by atoms with Crippen LogP contribution < -0.4 is 15.8 Å². The first-order valence-electron chi connectivity index (χ1n) is 15.9. The summed E-state index contributed by atoms with van der Waals surface area (Å²) in [6.07, 6.45) is 0.498.